The lowest BCUT2D eigenvalue weighted by molar-refractivity contribution is -0.138. The van der Waals surface area contributed by atoms with Gasteiger partial charge in [0.05, 0.1) is 6.42 Å². The fourth-order valence-electron chi connectivity index (χ4n) is 1.91. The van der Waals surface area contributed by atoms with Crippen molar-refractivity contribution < 1.29 is 27.9 Å². The molecule has 0 spiro atoms. The van der Waals surface area contributed by atoms with Gasteiger partial charge in [-0.05, 0) is 13.8 Å². The van der Waals surface area contributed by atoms with Crippen LogP contribution in [0.4, 0.5) is 13.2 Å². The molecule has 1 aromatic rings. The van der Waals surface area contributed by atoms with Crippen molar-refractivity contribution >= 4 is 11.9 Å². The summed E-state index contributed by atoms with van der Waals surface area (Å²) >= 11 is 0. The number of nitrogens with zero attached hydrogens (tertiary/aromatic N) is 1. The summed E-state index contributed by atoms with van der Waals surface area (Å²) in [6.45, 7) is 3.08. The number of benzene rings is 1. The first-order chi connectivity index (χ1) is 9.27. The zero-order chi connectivity index (χ0) is 15.4. The molecule has 0 saturated heterocycles. The van der Waals surface area contributed by atoms with Gasteiger partial charge in [0.15, 0.2) is 0 Å². The third kappa shape index (κ3) is 3.49. The molecule has 1 atom stereocenters. The van der Waals surface area contributed by atoms with Gasteiger partial charge >= 0.3 is 5.97 Å². The van der Waals surface area contributed by atoms with Gasteiger partial charge in [0.2, 0.25) is 0 Å². The first-order valence-electron chi connectivity index (χ1n) is 5.95. The van der Waals surface area contributed by atoms with Crippen LogP contribution in [0, 0.1) is 17.5 Å². The lowest BCUT2D eigenvalue weighted by atomic mass is 10.1. The SMILES string of the molecule is CCN(C(=O)c1c(F)cc(F)cc1F)C(C)CC(=O)O. The molecule has 0 aliphatic rings. The molecule has 0 heterocycles. The van der Waals surface area contributed by atoms with Gasteiger partial charge in [0, 0.05) is 24.7 Å². The molecule has 1 aromatic carbocycles. The largest absolute Gasteiger partial charge is 0.481 e. The molecule has 110 valence electrons. The number of carbonyl (C=O) groups excluding carboxylic acids is 1. The van der Waals surface area contributed by atoms with E-state index < -0.39 is 40.9 Å². The van der Waals surface area contributed by atoms with Crippen LogP contribution in [0.2, 0.25) is 0 Å². The molecule has 0 fully saturated rings. The second-order valence-electron chi connectivity index (χ2n) is 4.28. The average molecular weight is 289 g/mol. The van der Waals surface area contributed by atoms with Crippen LogP contribution in [0.15, 0.2) is 12.1 Å². The monoisotopic (exact) mass is 289 g/mol. The summed E-state index contributed by atoms with van der Waals surface area (Å²) in [5.41, 5.74) is -0.884. The Balaban J connectivity index is 3.12. The maximum Gasteiger partial charge on any atom is 0.305 e. The molecule has 0 bridgehead atoms. The molecule has 0 aliphatic heterocycles. The molecule has 0 aliphatic carbocycles. The van der Waals surface area contributed by atoms with Gasteiger partial charge in [-0.1, -0.05) is 0 Å². The van der Waals surface area contributed by atoms with Crippen LogP contribution in [-0.2, 0) is 4.79 Å². The molecule has 4 nitrogen and oxygen atoms in total. The molecule has 0 radical (unpaired) electrons. The van der Waals surface area contributed by atoms with E-state index in [9.17, 15) is 22.8 Å². The van der Waals surface area contributed by atoms with Gasteiger partial charge in [-0.3, -0.25) is 9.59 Å². The summed E-state index contributed by atoms with van der Waals surface area (Å²) in [7, 11) is 0. The number of halogens is 3. The van der Waals surface area contributed by atoms with Crippen LogP contribution < -0.4 is 0 Å². The average Bonchev–Trinajstić information content (AvgIpc) is 2.26. The van der Waals surface area contributed by atoms with E-state index in [0.717, 1.165) is 4.90 Å². The second kappa shape index (κ2) is 6.40. The molecule has 7 heteroatoms. The zero-order valence-electron chi connectivity index (χ0n) is 11.0. The van der Waals surface area contributed by atoms with Crippen molar-refractivity contribution in [2.75, 3.05) is 6.54 Å². The van der Waals surface area contributed by atoms with E-state index in [-0.39, 0.29) is 13.0 Å². The molecular weight excluding hydrogens is 275 g/mol. The molecule has 1 unspecified atom stereocenters. The minimum atomic E-state index is -1.31. The summed E-state index contributed by atoms with van der Waals surface area (Å²) in [6.07, 6.45) is -0.357. The Labute approximate surface area is 113 Å². The highest BCUT2D eigenvalue weighted by molar-refractivity contribution is 5.95. The van der Waals surface area contributed by atoms with Crippen molar-refractivity contribution in [1.82, 2.24) is 4.90 Å². The van der Waals surface area contributed by atoms with Gasteiger partial charge in [-0.25, -0.2) is 13.2 Å². The molecule has 1 rings (SSSR count). The molecule has 0 aromatic heterocycles. The number of hydrogen-bond donors (Lipinski definition) is 1. The van der Waals surface area contributed by atoms with Crippen molar-refractivity contribution in [1.29, 1.82) is 0 Å². The van der Waals surface area contributed by atoms with Crippen LogP contribution in [0.25, 0.3) is 0 Å². The highest BCUT2D eigenvalue weighted by Crippen LogP contribution is 2.19. The Morgan fingerprint density at radius 2 is 1.75 bits per heavy atom. The fourth-order valence-corrected chi connectivity index (χ4v) is 1.91. The topological polar surface area (TPSA) is 57.6 Å². The van der Waals surface area contributed by atoms with Gasteiger partial charge in [-0.15, -0.1) is 0 Å². The molecule has 1 amide bonds. The van der Waals surface area contributed by atoms with Crippen molar-refractivity contribution in [3.05, 3.63) is 35.1 Å². The Bertz CT molecular complexity index is 511. The zero-order valence-corrected chi connectivity index (χ0v) is 11.0. The van der Waals surface area contributed by atoms with Crippen LogP contribution in [0.1, 0.15) is 30.6 Å². The second-order valence-corrected chi connectivity index (χ2v) is 4.28. The first-order valence-corrected chi connectivity index (χ1v) is 5.95. The van der Waals surface area contributed by atoms with Crippen molar-refractivity contribution in [3.63, 3.8) is 0 Å². The van der Waals surface area contributed by atoms with E-state index in [2.05, 4.69) is 0 Å². The first kappa shape index (κ1) is 16.0. The van der Waals surface area contributed by atoms with Crippen LogP contribution in [-0.4, -0.2) is 34.5 Å². The predicted molar refractivity (Wildman–Crippen MR) is 64.7 cm³/mol. The van der Waals surface area contributed by atoms with Crippen LogP contribution in [0.3, 0.4) is 0 Å². The third-order valence-corrected chi connectivity index (χ3v) is 2.82. The maximum atomic E-state index is 13.5. The van der Waals surface area contributed by atoms with Crippen LogP contribution >= 0.6 is 0 Å². The minimum absolute atomic E-state index is 0.0730. The van der Waals surface area contributed by atoms with E-state index >= 15 is 0 Å². The Morgan fingerprint density at radius 3 is 2.15 bits per heavy atom. The predicted octanol–water partition coefficient (Wildman–Crippen LogP) is 2.43. The van der Waals surface area contributed by atoms with Gasteiger partial charge in [0.1, 0.15) is 23.0 Å². The third-order valence-electron chi connectivity index (χ3n) is 2.82. The number of carboxylic acid groups (broad SMARTS) is 1. The van der Waals surface area contributed by atoms with Gasteiger partial charge in [0.25, 0.3) is 5.91 Å². The van der Waals surface area contributed by atoms with Crippen LogP contribution in [0.5, 0.6) is 0 Å². The van der Waals surface area contributed by atoms with Crippen molar-refractivity contribution in [3.8, 4) is 0 Å². The van der Waals surface area contributed by atoms with E-state index in [0.29, 0.717) is 12.1 Å². The Morgan fingerprint density at radius 1 is 1.25 bits per heavy atom. The van der Waals surface area contributed by atoms with Gasteiger partial charge < -0.3 is 10.0 Å². The van der Waals surface area contributed by atoms with Crippen molar-refractivity contribution in [2.45, 2.75) is 26.3 Å². The highest BCUT2D eigenvalue weighted by Gasteiger charge is 2.27. The molecule has 0 saturated carbocycles. The molecule has 20 heavy (non-hydrogen) atoms. The van der Waals surface area contributed by atoms with E-state index in [4.69, 9.17) is 5.11 Å². The number of amides is 1. The summed E-state index contributed by atoms with van der Waals surface area (Å²) in [6, 6.07) is 0.0757. The van der Waals surface area contributed by atoms with E-state index in [1.165, 1.54) is 6.92 Å². The quantitative estimate of drug-likeness (QED) is 0.905. The van der Waals surface area contributed by atoms with E-state index in [1.54, 1.807) is 6.92 Å². The standard InChI is InChI=1S/C13H14F3NO3/c1-3-17(7(2)4-11(18)19)13(20)12-9(15)5-8(14)6-10(12)16/h5-7H,3-4H2,1-2H3,(H,18,19). The fraction of sp³-hybridized carbons (Fsp3) is 0.385. The number of carbonyl (C=O) groups is 2. The summed E-state index contributed by atoms with van der Waals surface area (Å²) < 4.78 is 39.9. The normalized spacial score (nSPS) is 12.1. The smallest absolute Gasteiger partial charge is 0.305 e. The number of rotatable bonds is 5. The lowest BCUT2D eigenvalue weighted by Gasteiger charge is -2.27. The Kier molecular flexibility index (Phi) is 5.12. The summed E-state index contributed by atoms with van der Waals surface area (Å²) in [5.74, 6) is -5.89. The van der Waals surface area contributed by atoms with Crippen molar-refractivity contribution in [2.24, 2.45) is 0 Å². The number of hydrogen-bond acceptors (Lipinski definition) is 2. The lowest BCUT2D eigenvalue weighted by Crippen LogP contribution is -2.40. The number of aliphatic carboxylic acids is 1. The summed E-state index contributed by atoms with van der Waals surface area (Å²) in [4.78, 5) is 23.7. The van der Waals surface area contributed by atoms with Gasteiger partial charge in [-0.2, -0.15) is 0 Å². The maximum absolute atomic E-state index is 13.5. The molecule has 1 N–H and O–H groups in total. The highest BCUT2D eigenvalue weighted by atomic mass is 19.1. The Hall–Kier alpha value is -2.05. The molecular formula is C13H14F3NO3. The summed E-state index contributed by atoms with van der Waals surface area (Å²) in [5, 5.41) is 8.69. The minimum Gasteiger partial charge on any atom is -0.481 e. The van der Waals surface area contributed by atoms with E-state index in [1.807, 2.05) is 0 Å². The number of carboxylic acids is 1.